The van der Waals surface area contributed by atoms with Crippen LogP contribution < -0.4 is 9.47 Å². The Morgan fingerprint density at radius 3 is 2.48 bits per heavy atom. The maximum atomic E-state index is 6.33. The molecule has 2 nitrogen and oxygen atoms in total. The van der Waals surface area contributed by atoms with E-state index in [0.29, 0.717) is 0 Å². The van der Waals surface area contributed by atoms with Gasteiger partial charge in [-0.1, -0.05) is 65.5 Å². The molecule has 156 valence electrons. The Labute approximate surface area is 177 Å². The largest absolute Gasteiger partial charge is 0.496 e. The van der Waals surface area contributed by atoms with Crippen molar-refractivity contribution in [2.45, 2.75) is 61.0 Å². The molecule has 1 heterocycles. The average molecular weight is 393 g/mol. The van der Waals surface area contributed by atoms with Gasteiger partial charge in [0.05, 0.1) is 12.7 Å². The van der Waals surface area contributed by atoms with Crippen molar-refractivity contribution < 1.29 is 9.47 Å². The monoisotopic (exact) mass is 392 g/mol. The van der Waals surface area contributed by atoms with Gasteiger partial charge in [-0.15, -0.1) is 0 Å². The highest BCUT2D eigenvalue weighted by Gasteiger charge is 2.30. The summed E-state index contributed by atoms with van der Waals surface area (Å²) < 4.78 is 12.0. The van der Waals surface area contributed by atoms with Crippen LogP contribution in [0, 0.1) is 12.3 Å². The summed E-state index contributed by atoms with van der Waals surface area (Å²) >= 11 is 0. The van der Waals surface area contributed by atoms with Crippen molar-refractivity contribution in [3.63, 3.8) is 0 Å². The van der Waals surface area contributed by atoms with E-state index in [4.69, 9.17) is 9.47 Å². The lowest BCUT2D eigenvalue weighted by atomic mass is 9.81. The number of hydrogen-bond acceptors (Lipinski definition) is 2. The van der Waals surface area contributed by atoms with E-state index < -0.39 is 0 Å². The van der Waals surface area contributed by atoms with Crippen LogP contribution in [0.3, 0.4) is 0 Å². The molecule has 0 spiro atoms. The van der Waals surface area contributed by atoms with Gasteiger partial charge in [-0.3, -0.25) is 0 Å². The molecule has 2 heteroatoms. The van der Waals surface area contributed by atoms with Gasteiger partial charge >= 0.3 is 0 Å². The first-order valence-corrected chi connectivity index (χ1v) is 10.6. The summed E-state index contributed by atoms with van der Waals surface area (Å²) in [5.74, 6) is 1.68. The van der Waals surface area contributed by atoms with Crippen LogP contribution in [0.2, 0.25) is 0 Å². The minimum absolute atomic E-state index is 0.147. The third kappa shape index (κ3) is 4.42. The van der Waals surface area contributed by atoms with Crippen LogP contribution in [0.5, 0.6) is 11.5 Å². The molecule has 0 saturated carbocycles. The number of hydrogen-bond donors (Lipinski definition) is 0. The zero-order chi connectivity index (χ0) is 21.8. The van der Waals surface area contributed by atoms with Crippen LogP contribution in [-0.2, 0) is 0 Å². The van der Waals surface area contributed by atoms with Crippen molar-refractivity contribution in [3.8, 4) is 22.6 Å². The van der Waals surface area contributed by atoms with Crippen LogP contribution in [0.1, 0.15) is 70.8 Å². The van der Waals surface area contributed by atoms with E-state index in [2.05, 4.69) is 59.4 Å². The fraction of sp³-hybridized carbons (Fsp3) is 0.407. The van der Waals surface area contributed by atoms with Gasteiger partial charge in [0.25, 0.3) is 0 Å². The summed E-state index contributed by atoms with van der Waals surface area (Å²) in [7, 11) is 1.71. The topological polar surface area (TPSA) is 18.5 Å². The van der Waals surface area contributed by atoms with Crippen molar-refractivity contribution in [2.24, 2.45) is 5.41 Å². The first-order chi connectivity index (χ1) is 13.8. The number of rotatable bonds is 5. The van der Waals surface area contributed by atoms with Crippen molar-refractivity contribution in [1.29, 1.82) is 0 Å². The lowest BCUT2D eigenvalue weighted by molar-refractivity contribution is 0.250. The Kier molecular flexibility index (Phi) is 7.35. The highest BCUT2D eigenvalue weighted by Crippen LogP contribution is 2.50. The van der Waals surface area contributed by atoms with Gasteiger partial charge in [0.2, 0.25) is 0 Å². The van der Waals surface area contributed by atoms with Gasteiger partial charge in [-0.2, -0.15) is 0 Å². The molecule has 2 aromatic carbocycles. The molecule has 0 aliphatic carbocycles. The maximum Gasteiger partial charge on any atom is 0.143 e. The molecular formula is C27H36O2. The van der Waals surface area contributed by atoms with Crippen LogP contribution in [0.25, 0.3) is 16.7 Å². The zero-order valence-corrected chi connectivity index (χ0v) is 19.3. The molecule has 0 aromatic heterocycles. The molecule has 0 radical (unpaired) electrons. The first-order valence-electron chi connectivity index (χ1n) is 10.6. The second kappa shape index (κ2) is 9.35. The molecule has 1 atom stereocenters. The van der Waals surface area contributed by atoms with E-state index in [1.165, 1.54) is 27.8 Å². The van der Waals surface area contributed by atoms with Gasteiger partial charge in [-0.05, 0) is 66.2 Å². The predicted molar refractivity (Wildman–Crippen MR) is 126 cm³/mol. The Balaban J connectivity index is 0.00000145. The third-order valence-corrected chi connectivity index (χ3v) is 5.60. The smallest absolute Gasteiger partial charge is 0.143 e. The molecule has 1 unspecified atom stereocenters. The highest BCUT2D eigenvalue weighted by atomic mass is 16.5. The summed E-state index contributed by atoms with van der Waals surface area (Å²) in [6.45, 7) is 19.2. The number of benzene rings is 2. The number of aryl methyl sites for hydroxylation is 1. The number of ether oxygens (including phenoxy) is 2. The van der Waals surface area contributed by atoms with E-state index in [9.17, 15) is 0 Å². The van der Waals surface area contributed by atoms with Gasteiger partial charge in [0, 0.05) is 5.56 Å². The van der Waals surface area contributed by atoms with Crippen LogP contribution in [0.15, 0.2) is 49.1 Å². The molecule has 1 aliphatic rings. The van der Waals surface area contributed by atoms with E-state index in [-0.39, 0.29) is 11.5 Å². The highest BCUT2D eigenvalue weighted by molar-refractivity contribution is 5.86. The second-order valence-electron chi connectivity index (χ2n) is 8.00. The van der Waals surface area contributed by atoms with Crippen molar-refractivity contribution in [2.75, 3.05) is 7.11 Å². The van der Waals surface area contributed by atoms with Crippen LogP contribution in [0.4, 0.5) is 0 Å². The van der Waals surface area contributed by atoms with Crippen molar-refractivity contribution >= 4 is 5.57 Å². The molecule has 0 bridgehead atoms. The Hall–Kier alpha value is -2.48. The number of fused-ring (bicyclic) bond motifs is 3. The quantitative estimate of drug-likeness (QED) is 0.478. The van der Waals surface area contributed by atoms with E-state index in [0.717, 1.165) is 23.5 Å². The maximum absolute atomic E-state index is 6.33. The van der Waals surface area contributed by atoms with Crippen LogP contribution >= 0.6 is 0 Å². The molecular weight excluding hydrogens is 356 g/mol. The summed E-state index contributed by atoms with van der Waals surface area (Å²) in [5.41, 5.74) is 7.32. The Morgan fingerprint density at radius 2 is 1.90 bits per heavy atom. The number of allylic oxidation sites excluding steroid dienone is 2. The van der Waals surface area contributed by atoms with Crippen LogP contribution in [-0.4, -0.2) is 7.11 Å². The van der Waals surface area contributed by atoms with Crippen molar-refractivity contribution in [3.05, 3.63) is 65.8 Å². The molecule has 3 rings (SSSR count). The third-order valence-electron chi connectivity index (χ3n) is 5.60. The van der Waals surface area contributed by atoms with Gasteiger partial charge in [0.15, 0.2) is 0 Å². The standard InChI is InChI=1S/C25H30O2.C2H6/c1-8-19-24-18(23-20(26-7)11-10-12-21(23)27-19)14-13-16(3)22(24)17(4)15-25(5,6)9-2;1-2/h8,10-15,19H,1,9H2,2-7H3;1-2H3/b17-15-;. The molecule has 0 amide bonds. The molecule has 29 heavy (non-hydrogen) atoms. The lowest BCUT2D eigenvalue weighted by Crippen LogP contribution is -2.16. The van der Waals surface area contributed by atoms with Gasteiger partial charge in [-0.25, -0.2) is 0 Å². The molecule has 1 aliphatic heterocycles. The fourth-order valence-electron chi connectivity index (χ4n) is 3.93. The Bertz CT molecular complexity index is 903. The molecule has 2 aromatic rings. The second-order valence-corrected chi connectivity index (χ2v) is 8.00. The fourth-order valence-corrected chi connectivity index (χ4v) is 3.93. The van der Waals surface area contributed by atoms with E-state index >= 15 is 0 Å². The summed E-state index contributed by atoms with van der Waals surface area (Å²) in [4.78, 5) is 0. The van der Waals surface area contributed by atoms with E-state index in [1.807, 2.05) is 38.1 Å². The summed E-state index contributed by atoms with van der Waals surface area (Å²) in [5, 5.41) is 0. The lowest BCUT2D eigenvalue weighted by Gasteiger charge is -2.31. The zero-order valence-electron chi connectivity index (χ0n) is 19.3. The predicted octanol–water partition coefficient (Wildman–Crippen LogP) is 8.16. The number of methoxy groups -OCH3 is 1. The normalized spacial score (nSPS) is 15.3. The van der Waals surface area contributed by atoms with E-state index in [1.54, 1.807) is 7.11 Å². The van der Waals surface area contributed by atoms with Crippen molar-refractivity contribution in [1.82, 2.24) is 0 Å². The average Bonchev–Trinajstić information content (AvgIpc) is 2.73. The SMILES string of the molecule is C=CC1Oc2cccc(OC)c2-c2ccc(C)c(/C(C)=C\C(C)(C)CC)c21.CC. The molecule has 0 N–H and O–H groups in total. The summed E-state index contributed by atoms with van der Waals surface area (Å²) in [6, 6.07) is 10.3. The first kappa shape index (κ1) is 22.8. The Morgan fingerprint density at radius 1 is 1.21 bits per heavy atom. The molecule has 0 fully saturated rings. The minimum Gasteiger partial charge on any atom is -0.496 e. The summed E-state index contributed by atoms with van der Waals surface area (Å²) in [6.07, 6.45) is 5.19. The molecule has 0 saturated heterocycles. The van der Waals surface area contributed by atoms with Gasteiger partial charge in [0.1, 0.15) is 17.6 Å². The van der Waals surface area contributed by atoms with Gasteiger partial charge < -0.3 is 9.47 Å². The minimum atomic E-state index is -0.178.